The van der Waals surface area contributed by atoms with Crippen LogP contribution in [0.3, 0.4) is 0 Å². The molecule has 8 heteroatoms. The highest BCUT2D eigenvalue weighted by atomic mass is 79.9. The summed E-state index contributed by atoms with van der Waals surface area (Å²) in [5, 5.41) is 13.6. The second-order valence-corrected chi connectivity index (χ2v) is 8.39. The summed E-state index contributed by atoms with van der Waals surface area (Å²) < 4.78 is 8.10. The number of hydrogen-bond donors (Lipinski definition) is 0. The molecular weight excluding hydrogens is 398 g/mol. The van der Waals surface area contributed by atoms with Gasteiger partial charge in [-0.05, 0) is 49.7 Å². The minimum atomic E-state index is -0.510. The van der Waals surface area contributed by atoms with Gasteiger partial charge in [0.1, 0.15) is 17.2 Å². The first-order chi connectivity index (χ1) is 12.2. The SMILES string of the molecule is C[C@H]1CN(c2cc(Br)cn3ncc(C#N)c23)CCN1C(=O)OC(C)(C)C. The van der Waals surface area contributed by atoms with Gasteiger partial charge in [-0.25, -0.2) is 9.31 Å². The van der Waals surface area contributed by atoms with Gasteiger partial charge < -0.3 is 14.5 Å². The van der Waals surface area contributed by atoms with Crippen molar-refractivity contribution in [2.24, 2.45) is 0 Å². The van der Waals surface area contributed by atoms with E-state index in [1.54, 1.807) is 15.6 Å². The molecule has 3 heterocycles. The van der Waals surface area contributed by atoms with E-state index in [0.717, 1.165) is 15.7 Å². The molecule has 0 bridgehead atoms. The fourth-order valence-electron chi connectivity index (χ4n) is 3.16. The third kappa shape index (κ3) is 3.63. The number of rotatable bonds is 1. The van der Waals surface area contributed by atoms with E-state index in [4.69, 9.17) is 4.74 Å². The summed E-state index contributed by atoms with van der Waals surface area (Å²) in [4.78, 5) is 16.4. The lowest BCUT2D eigenvalue weighted by molar-refractivity contribution is 0.0159. The van der Waals surface area contributed by atoms with Gasteiger partial charge in [0.25, 0.3) is 0 Å². The molecule has 0 spiro atoms. The van der Waals surface area contributed by atoms with Crippen molar-refractivity contribution in [1.29, 1.82) is 5.26 Å². The Kier molecular flexibility index (Phi) is 4.84. The second-order valence-electron chi connectivity index (χ2n) is 7.48. The van der Waals surface area contributed by atoms with Crippen molar-refractivity contribution in [1.82, 2.24) is 14.5 Å². The lowest BCUT2D eigenvalue weighted by atomic mass is 10.1. The predicted molar refractivity (Wildman–Crippen MR) is 102 cm³/mol. The van der Waals surface area contributed by atoms with Gasteiger partial charge >= 0.3 is 6.09 Å². The van der Waals surface area contributed by atoms with Crippen LogP contribution < -0.4 is 4.90 Å². The minimum absolute atomic E-state index is 0.00825. The van der Waals surface area contributed by atoms with Gasteiger partial charge in [-0.3, -0.25) is 0 Å². The molecule has 7 nitrogen and oxygen atoms in total. The maximum atomic E-state index is 12.4. The highest BCUT2D eigenvalue weighted by Gasteiger charge is 2.32. The molecule has 1 fully saturated rings. The zero-order valence-electron chi connectivity index (χ0n) is 15.4. The highest BCUT2D eigenvalue weighted by Crippen LogP contribution is 2.30. The van der Waals surface area contributed by atoms with Crippen LogP contribution in [0.25, 0.3) is 5.52 Å². The van der Waals surface area contributed by atoms with E-state index in [-0.39, 0.29) is 12.1 Å². The Morgan fingerprint density at radius 3 is 2.77 bits per heavy atom. The Hall–Kier alpha value is -2.27. The molecule has 1 aliphatic rings. The number of aromatic nitrogens is 2. The third-order valence-corrected chi connectivity index (χ3v) is 4.71. The van der Waals surface area contributed by atoms with E-state index in [0.29, 0.717) is 25.2 Å². The number of carbonyl (C=O) groups excluding carboxylic acids is 1. The maximum Gasteiger partial charge on any atom is 0.410 e. The van der Waals surface area contributed by atoms with Crippen LogP contribution in [0.5, 0.6) is 0 Å². The largest absolute Gasteiger partial charge is 0.444 e. The van der Waals surface area contributed by atoms with Crippen LogP contribution in [0.1, 0.15) is 33.3 Å². The molecule has 0 saturated carbocycles. The Morgan fingerprint density at radius 1 is 1.42 bits per heavy atom. The molecule has 0 N–H and O–H groups in total. The van der Waals surface area contributed by atoms with E-state index >= 15 is 0 Å². The summed E-state index contributed by atoms with van der Waals surface area (Å²) >= 11 is 3.51. The van der Waals surface area contributed by atoms with Gasteiger partial charge in [-0.15, -0.1) is 0 Å². The molecule has 26 heavy (non-hydrogen) atoms. The summed E-state index contributed by atoms with van der Waals surface area (Å²) in [7, 11) is 0. The van der Waals surface area contributed by atoms with Gasteiger partial charge in [0.2, 0.25) is 0 Å². The van der Waals surface area contributed by atoms with Crippen molar-refractivity contribution in [2.45, 2.75) is 39.3 Å². The first-order valence-corrected chi connectivity index (χ1v) is 9.30. The second kappa shape index (κ2) is 6.80. The number of piperazine rings is 1. The van der Waals surface area contributed by atoms with Crippen molar-refractivity contribution in [3.05, 3.63) is 28.5 Å². The first kappa shape index (κ1) is 18.5. The van der Waals surface area contributed by atoms with Gasteiger partial charge in [0.15, 0.2) is 0 Å². The first-order valence-electron chi connectivity index (χ1n) is 8.51. The van der Waals surface area contributed by atoms with Gasteiger partial charge in [0.05, 0.1) is 17.4 Å². The fraction of sp³-hybridized carbons (Fsp3) is 0.500. The molecule has 138 valence electrons. The van der Waals surface area contributed by atoms with Gasteiger partial charge in [-0.1, -0.05) is 0 Å². The van der Waals surface area contributed by atoms with Crippen LogP contribution in [0, 0.1) is 11.3 Å². The predicted octanol–water partition coefficient (Wildman–Crippen LogP) is 3.41. The van der Waals surface area contributed by atoms with Crippen LogP contribution >= 0.6 is 15.9 Å². The van der Waals surface area contributed by atoms with E-state index in [9.17, 15) is 10.1 Å². The molecule has 2 aromatic heterocycles. The average molecular weight is 420 g/mol. The van der Waals surface area contributed by atoms with Crippen LogP contribution in [0.4, 0.5) is 10.5 Å². The number of halogens is 1. The van der Waals surface area contributed by atoms with Crippen molar-refractivity contribution < 1.29 is 9.53 Å². The number of pyridine rings is 1. The Balaban J connectivity index is 1.86. The number of anilines is 1. The van der Waals surface area contributed by atoms with E-state index in [2.05, 4.69) is 32.0 Å². The molecule has 0 radical (unpaired) electrons. The number of ether oxygens (including phenoxy) is 1. The summed E-state index contributed by atoms with van der Waals surface area (Å²) in [5.41, 5.74) is 1.75. The van der Waals surface area contributed by atoms with E-state index < -0.39 is 5.60 Å². The highest BCUT2D eigenvalue weighted by molar-refractivity contribution is 9.10. The van der Waals surface area contributed by atoms with E-state index in [1.165, 1.54) is 0 Å². The van der Waals surface area contributed by atoms with Crippen LogP contribution in [0.15, 0.2) is 22.9 Å². The summed E-state index contributed by atoms with van der Waals surface area (Å²) in [6.07, 6.45) is 3.12. The molecule has 1 amide bonds. The molecule has 0 aliphatic carbocycles. The standard InChI is InChI=1S/C18H22BrN5O2/c1-12-10-22(5-6-23(12)17(25)26-18(2,3)4)15-7-14(19)11-24-16(15)13(8-20)9-21-24/h7,9,11-12H,5-6,10H2,1-4H3/t12-/m0/s1. The van der Waals surface area contributed by atoms with Crippen molar-refractivity contribution in [3.63, 3.8) is 0 Å². The summed E-state index contributed by atoms with van der Waals surface area (Å²) in [6.45, 7) is 9.48. The fourth-order valence-corrected chi connectivity index (χ4v) is 3.57. The number of fused-ring (bicyclic) bond motifs is 1. The molecule has 0 unspecified atom stereocenters. The van der Waals surface area contributed by atoms with Gasteiger partial charge in [-0.2, -0.15) is 10.4 Å². The minimum Gasteiger partial charge on any atom is -0.444 e. The van der Waals surface area contributed by atoms with Crippen LogP contribution in [-0.2, 0) is 4.74 Å². The number of nitrogens with zero attached hydrogens (tertiary/aromatic N) is 5. The average Bonchev–Trinajstić information content (AvgIpc) is 2.94. The Bertz CT molecular complexity index is 880. The number of amides is 1. The van der Waals surface area contributed by atoms with Crippen LogP contribution in [-0.4, -0.2) is 51.9 Å². The van der Waals surface area contributed by atoms with Crippen molar-refractivity contribution in [3.8, 4) is 6.07 Å². The molecule has 1 atom stereocenters. The monoisotopic (exact) mass is 419 g/mol. The lowest BCUT2D eigenvalue weighted by Crippen LogP contribution is -2.55. The summed E-state index contributed by atoms with van der Waals surface area (Å²) in [6, 6.07) is 4.19. The smallest absolute Gasteiger partial charge is 0.410 e. The Morgan fingerprint density at radius 2 is 2.15 bits per heavy atom. The normalized spacial score (nSPS) is 18.1. The molecule has 0 aromatic carbocycles. The van der Waals surface area contributed by atoms with Crippen molar-refractivity contribution in [2.75, 3.05) is 24.5 Å². The molecule has 1 saturated heterocycles. The zero-order chi connectivity index (χ0) is 19.1. The quantitative estimate of drug-likeness (QED) is 0.707. The number of carbonyl (C=O) groups is 1. The molecule has 2 aromatic rings. The van der Waals surface area contributed by atoms with E-state index in [1.807, 2.05) is 40.0 Å². The number of hydrogen-bond acceptors (Lipinski definition) is 5. The molecule has 1 aliphatic heterocycles. The topological polar surface area (TPSA) is 73.9 Å². The number of nitriles is 1. The van der Waals surface area contributed by atoms with Crippen molar-refractivity contribution >= 4 is 33.2 Å². The van der Waals surface area contributed by atoms with Gasteiger partial charge in [0, 0.05) is 36.3 Å². The Labute approximate surface area is 161 Å². The molecular formula is C18H22BrN5O2. The summed E-state index contributed by atoms with van der Waals surface area (Å²) in [5.74, 6) is 0. The lowest BCUT2D eigenvalue weighted by Gasteiger charge is -2.41. The molecule has 3 rings (SSSR count). The zero-order valence-corrected chi connectivity index (χ0v) is 16.9. The third-order valence-electron chi connectivity index (χ3n) is 4.27. The van der Waals surface area contributed by atoms with Crippen LogP contribution in [0.2, 0.25) is 0 Å². The maximum absolute atomic E-state index is 12.4.